The van der Waals surface area contributed by atoms with Crippen LogP contribution in [-0.2, 0) is 4.79 Å². The molecule has 0 amide bonds. The summed E-state index contributed by atoms with van der Waals surface area (Å²) in [6, 6.07) is 8.51. The first-order valence-corrected chi connectivity index (χ1v) is 14.3. The van der Waals surface area contributed by atoms with Gasteiger partial charge in [0.05, 0.1) is 0 Å². The highest BCUT2D eigenvalue weighted by molar-refractivity contribution is 6.74. The SMILES string of the molecule is C[C@@H](/C=C/c1cccc(O[Si](C)(C)C(C)(C)C)c1)C1CCC2C(=O)CCC[C@@]21C. The number of carbonyl (C=O) groups is 1. The van der Waals surface area contributed by atoms with E-state index < -0.39 is 8.32 Å². The lowest BCUT2D eigenvalue weighted by Gasteiger charge is -2.41. The molecule has 0 aliphatic heterocycles. The van der Waals surface area contributed by atoms with Crippen molar-refractivity contribution in [1.29, 1.82) is 0 Å². The highest BCUT2D eigenvalue weighted by Gasteiger charge is 2.51. The first kappa shape index (κ1) is 22.3. The van der Waals surface area contributed by atoms with Crippen molar-refractivity contribution in [3.63, 3.8) is 0 Å². The fraction of sp³-hybridized carbons (Fsp3) is 0.654. The van der Waals surface area contributed by atoms with Crippen LogP contribution >= 0.6 is 0 Å². The zero-order valence-corrected chi connectivity index (χ0v) is 20.5. The van der Waals surface area contributed by atoms with Crippen LogP contribution < -0.4 is 4.43 Å². The maximum Gasteiger partial charge on any atom is 0.250 e. The van der Waals surface area contributed by atoms with E-state index in [-0.39, 0.29) is 10.5 Å². The molecule has 3 heteroatoms. The molecule has 1 aromatic carbocycles. The second kappa shape index (κ2) is 8.06. The summed E-state index contributed by atoms with van der Waals surface area (Å²) in [5, 5.41) is 0.194. The van der Waals surface area contributed by atoms with E-state index in [9.17, 15) is 4.79 Å². The highest BCUT2D eigenvalue weighted by atomic mass is 28.4. The molecule has 1 aromatic rings. The van der Waals surface area contributed by atoms with Gasteiger partial charge in [-0.15, -0.1) is 0 Å². The number of carbonyl (C=O) groups excluding carboxylic acids is 1. The van der Waals surface area contributed by atoms with Gasteiger partial charge in [-0.25, -0.2) is 0 Å². The Kier molecular flexibility index (Phi) is 6.20. The summed E-state index contributed by atoms with van der Waals surface area (Å²) < 4.78 is 6.48. The summed E-state index contributed by atoms with van der Waals surface area (Å²) >= 11 is 0. The highest BCUT2D eigenvalue weighted by Crippen LogP contribution is 2.56. The van der Waals surface area contributed by atoms with Crippen LogP contribution in [0.5, 0.6) is 5.75 Å². The van der Waals surface area contributed by atoms with Crippen LogP contribution in [0.15, 0.2) is 30.3 Å². The van der Waals surface area contributed by atoms with Gasteiger partial charge in [0.2, 0.25) is 8.32 Å². The Morgan fingerprint density at radius 2 is 1.97 bits per heavy atom. The van der Waals surface area contributed by atoms with Crippen LogP contribution in [0, 0.1) is 23.2 Å². The molecule has 0 bridgehead atoms. The Morgan fingerprint density at radius 1 is 1.24 bits per heavy atom. The zero-order chi connectivity index (χ0) is 21.4. The van der Waals surface area contributed by atoms with E-state index in [4.69, 9.17) is 4.43 Å². The summed E-state index contributed by atoms with van der Waals surface area (Å²) in [4.78, 5) is 12.4. The van der Waals surface area contributed by atoms with Crippen molar-refractivity contribution in [3.05, 3.63) is 35.9 Å². The fourth-order valence-electron chi connectivity index (χ4n) is 5.36. The van der Waals surface area contributed by atoms with Gasteiger partial charge in [-0.1, -0.05) is 58.9 Å². The van der Waals surface area contributed by atoms with Crippen molar-refractivity contribution in [3.8, 4) is 5.75 Å². The summed E-state index contributed by atoms with van der Waals surface area (Å²) in [7, 11) is -1.83. The van der Waals surface area contributed by atoms with Crippen molar-refractivity contribution in [2.75, 3.05) is 0 Å². The quantitative estimate of drug-likeness (QED) is 0.468. The Hall–Kier alpha value is -1.35. The molecule has 29 heavy (non-hydrogen) atoms. The summed E-state index contributed by atoms with van der Waals surface area (Å²) in [6.07, 6.45) is 9.99. The van der Waals surface area contributed by atoms with E-state index in [1.54, 1.807) is 0 Å². The average molecular weight is 413 g/mol. The monoisotopic (exact) mass is 412 g/mol. The molecule has 0 radical (unpaired) electrons. The second-order valence-corrected chi connectivity index (χ2v) is 15.9. The molecule has 160 valence electrons. The molecule has 0 saturated heterocycles. The van der Waals surface area contributed by atoms with Crippen LogP contribution in [0.3, 0.4) is 0 Å². The molecule has 2 fully saturated rings. The Balaban J connectivity index is 1.71. The zero-order valence-electron chi connectivity index (χ0n) is 19.5. The first-order chi connectivity index (χ1) is 13.4. The van der Waals surface area contributed by atoms with Crippen LogP contribution in [0.4, 0.5) is 0 Å². The van der Waals surface area contributed by atoms with Crippen molar-refractivity contribution in [2.45, 2.75) is 84.9 Å². The van der Waals surface area contributed by atoms with Crippen molar-refractivity contribution in [1.82, 2.24) is 0 Å². The smallest absolute Gasteiger partial charge is 0.250 e. The van der Waals surface area contributed by atoms with Gasteiger partial charge in [-0.3, -0.25) is 4.79 Å². The number of hydrogen-bond donors (Lipinski definition) is 0. The Bertz CT molecular complexity index is 773. The average Bonchev–Trinajstić information content (AvgIpc) is 2.97. The third kappa shape index (κ3) is 4.55. The van der Waals surface area contributed by atoms with Crippen LogP contribution in [0.2, 0.25) is 18.1 Å². The minimum atomic E-state index is -1.83. The van der Waals surface area contributed by atoms with E-state index in [0.717, 1.165) is 25.0 Å². The number of hydrogen-bond acceptors (Lipinski definition) is 2. The van der Waals surface area contributed by atoms with Gasteiger partial charge in [0.25, 0.3) is 0 Å². The molecule has 3 rings (SSSR count). The first-order valence-electron chi connectivity index (χ1n) is 11.4. The minimum absolute atomic E-state index is 0.194. The summed E-state index contributed by atoms with van der Waals surface area (Å²) in [5.41, 5.74) is 1.40. The topological polar surface area (TPSA) is 26.3 Å². The van der Waals surface area contributed by atoms with E-state index in [0.29, 0.717) is 23.5 Å². The lowest BCUT2D eigenvalue weighted by molar-refractivity contribution is -0.129. The lowest BCUT2D eigenvalue weighted by atomic mass is 9.62. The minimum Gasteiger partial charge on any atom is -0.543 e. The van der Waals surface area contributed by atoms with Crippen molar-refractivity contribution < 1.29 is 9.22 Å². The molecule has 2 aliphatic carbocycles. The molecular weight excluding hydrogens is 372 g/mol. The van der Waals surface area contributed by atoms with E-state index >= 15 is 0 Å². The van der Waals surface area contributed by atoms with Crippen LogP contribution in [0.1, 0.15) is 72.3 Å². The van der Waals surface area contributed by atoms with Gasteiger partial charge in [0, 0.05) is 12.3 Å². The maximum atomic E-state index is 12.4. The Morgan fingerprint density at radius 3 is 2.66 bits per heavy atom. The third-order valence-corrected chi connectivity index (χ3v) is 12.6. The normalized spacial score (nSPS) is 29.1. The molecule has 4 atom stereocenters. The van der Waals surface area contributed by atoms with Gasteiger partial charge in [0.1, 0.15) is 11.5 Å². The summed E-state index contributed by atoms with van der Waals surface area (Å²) in [5.74, 6) is 2.91. The van der Waals surface area contributed by atoms with Crippen molar-refractivity contribution in [2.24, 2.45) is 23.2 Å². The van der Waals surface area contributed by atoms with Crippen LogP contribution in [-0.4, -0.2) is 14.1 Å². The predicted molar refractivity (Wildman–Crippen MR) is 126 cm³/mol. The summed E-state index contributed by atoms with van der Waals surface area (Å²) in [6.45, 7) is 16.1. The van der Waals surface area contributed by atoms with Crippen LogP contribution in [0.25, 0.3) is 6.08 Å². The molecule has 2 saturated carbocycles. The number of Topliss-reactive ketones (excluding diaryl/α,β-unsaturated/α-hetero) is 1. The number of allylic oxidation sites excluding steroid dienone is 1. The molecule has 2 nitrogen and oxygen atoms in total. The largest absolute Gasteiger partial charge is 0.543 e. The third-order valence-electron chi connectivity index (χ3n) is 8.20. The number of rotatable bonds is 5. The predicted octanol–water partition coefficient (Wildman–Crippen LogP) is 7.51. The number of fused-ring (bicyclic) bond motifs is 1. The van der Waals surface area contributed by atoms with Gasteiger partial charge in [0.15, 0.2) is 0 Å². The lowest BCUT2D eigenvalue weighted by Crippen LogP contribution is -2.43. The van der Waals surface area contributed by atoms with Gasteiger partial charge >= 0.3 is 0 Å². The van der Waals surface area contributed by atoms with E-state index in [1.807, 2.05) is 0 Å². The molecule has 0 N–H and O–H groups in total. The molecule has 0 aromatic heterocycles. The second-order valence-electron chi connectivity index (χ2n) is 11.2. The molecule has 0 spiro atoms. The van der Waals surface area contributed by atoms with Crippen molar-refractivity contribution >= 4 is 20.2 Å². The van der Waals surface area contributed by atoms with E-state index in [2.05, 4.69) is 84.1 Å². The number of benzene rings is 1. The van der Waals surface area contributed by atoms with Gasteiger partial charge in [-0.05, 0) is 78.8 Å². The standard InChI is InChI=1S/C26H40O2Si/c1-19(22-15-16-23-24(27)12-9-17-26(22,23)5)13-14-20-10-8-11-21(18-20)28-29(6,7)25(2,3)4/h8,10-11,13-14,18-19,22-23H,9,12,15-17H2,1-7H3/b14-13+/t19-,22?,23?,26+/m0/s1. The van der Waals surface area contributed by atoms with Gasteiger partial charge in [-0.2, -0.15) is 0 Å². The molecule has 2 unspecified atom stereocenters. The fourth-order valence-corrected chi connectivity index (χ4v) is 6.38. The van der Waals surface area contributed by atoms with Gasteiger partial charge < -0.3 is 4.43 Å². The maximum absolute atomic E-state index is 12.4. The molecular formula is C26H40O2Si. The molecule has 2 aliphatic rings. The molecule has 0 heterocycles. The van der Waals surface area contributed by atoms with E-state index in [1.165, 1.54) is 18.4 Å². The Labute approximate surface area is 179 Å². The number of ketones is 1.